The summed E-state index contributed by atoms with van der Waals surface area (Å²) >= 11 is 2.08. The zero-order valence-corrected chi connectivity index (χ0v) is 10.2. The van der Waals surface area contributed by atoms with Gasteiger partial charge in [0.1, 0.15) is 0 Å². The molecule has 72 valence electrons. The number of rotatable bonds is 0. The molecule has 0 spiro atoms. The van der Waals surface area contributed by atoms with Gasteiger partial charge in [0.25, 0.3) is 5.56 Å². The number of halogens is 1. The van der Waals surface area contributed by atoms with Crippen molar-refractivity contribution in [2.45, 2.75) is 6.92 Å². The van der Waals surface area contributed by atoms with Crippen LogP contribution in [0, 0.1) is 10.5 Å². The predicted octanol–water partition coefficient (Wildman–Crippen LogP) is 2.45. The largest absolute Gasteiger partial charge is 0.310 e. The van der Waals surface area contributed by atoms with E-state index in [0.717, 1.165) is 14.5 Å². The molecule has 14 heavy (non-hydrogen) atoms. The van der Waals surface area contributed by atoms with Gasteiger partial charge in [-0.25, -0.2) is 0 Å². The number of benzene rings is 1. The summed E-state index contributed by atoms with van der Waals surface area (Å²) in [4.78, 5) is 11.6. The Labute approximate surface area is 95.7 Å². The quantitative estimate of drug-likeness (QED) is 0.685. The molecular weight excluding hydrogens is 289 g/mol. The van der Waals surface area contributed by atoms with Crippen LogP contribution < -0.4 is 5.56 Å². The monoisotopic (exact) mass is 299 g/mol. The van der Waals surface area contributed by atoms with Gasteiger partial charge in [-0.05, 0) is 53.1 Å². The lowest BCUT2D eigenvalue weighted by atomic mass is 10.1. The zero-order chi connectivity index (χ0) is 10.3. The highest BCUT2D eigenvalue weighted by molar-refractivity contribution is 14.1. The van der Waals surface area contributed by atoms with Crippen LogP contribution in [-0.4, -0.2) is 4.57 Å². The van der Waals surface area contributed by atoms with E-state index in [0.29, 0.717) is 0 Å². The van der Waals surface area contributed by atoms with Crippen LogP contribution in [0.5, 0.6) is 0 Å². The van der Waals surface area contributed by atoms with Gasteiger partial charge in [0.05, 0.1) is 9.09 Å². The molecule has 0 aliphatic heterocycles. The summed E-state index contributed by atoms with van der Waals surface area (Å²) in [5, 5.41) is 1.12. The summed E-state index contributed by atoms with van der Waals surface area (Å²) in [5.74, 6) is 0. The molecule has 0 bridgehead atoms. The first kappa shape index (κ1) is 9.71. The number of hydrogen-bond donors (Lipinski definition) is 0. The van der Waals surface area contributed by atoms with Crippen LogP contribution in [0.3, 0.4) is 0 Å². The number of aryl methyl sites for hydroxylation is 2. The highest BCUT2D eigenvalue weighted by Crippen LogP contribution is 2.15. The number of nitrogens with zero attached hydrogens (tertiary/aromatic N) is 1. The first-order valence-corrected chi connectivity index (χ1v) is 5.43. The lowest BCUT2D eigenvalue weighted by Gasteiger charge is -2.06. The molecule has 0 N–H and O–H groups in total. The molecule has 1 heterocycles. The van der Waals surface area contributed by atoms with E-state index in [1.165, 1.54) is 5.56 Å². The predicted molar refractivity (Wildman–Crippen MR) is 66.6 cm³/mol. The molecule has 0 radical (unpaired) electrons. The minimum absolute atomic E-state index is 0.0713. The number of aromatic nitrogens is 1. The van der Waals surface area contributed by atoms with Crippen molar-refractivity contribution in [2.75, 3.05) is 0 Å². The van der Waals surface area contributed by atoms with Gasteiger partial charge in [-0.1, -0.05) is 11.6 Å². The third-order valence-electron chi connectivity index (χ3n) is 2.34. The molecule has 2 nitrogen and oxygen atoms in total. The van der Waals surface area contributed by atoms with E-state index in [-0.39, 0.29) is 5.56 Å². The van der Waals surface area contributed by atoms with E-state index in [2.05, 4.69) is 35.6 Å². The highest BCUT2D eigenvalue weighted by Gasteiger charge is 2.03. The Morgan fingerprint density at radius 2 is 2.00 bits per heavy atom. The summed E-state index contributed by atoms with van der Waals surface area (Å²) in [7, 11) is 1.81. The Kier molecular flexibility index (Phi) is 2.34. The summed E-state index contributed by atoms with van der Waals surface area (Å²) in [5.41, 5.74) is 2.27. The smallest absolute Gasteiger partial charge is 0.264 e. The van der Waals surface area contributed by atoms with E-state index in [9.17, 15) is 4.79 Å². The first-order chi connectivity index (χ1) is 6.59. The molecule has 0 unspecified atom stereocenters. The summed E-state index contributed by atoms with van der Waals surface area (Å²) < 4.78 is 2.46. The maximum absolute atomic E-state index is 11.6. The van der Waals surface area contributed by atoms with E-state index in [4.69, 9.17) is 0 Å². The number of hydrogen-bond acceptors (Lipinski definition) is 1. The number of fused-ring (bicyclic) bond motifs is 1. The Bertz CT molecular complexity index is 557. The molecule has 1 aromatic carbocycles. The topological polar surface area (TPSA) is 22.0 Å². The van der Waals surface area contributed by atoms with Gasteiger partial charge in [0.15, 0.2) is 0 Å². The molecule has 0 aliphatic rings. The molecule has 0 aliphatic carbocycles. The second-order valence-corrected chi connectivity index (χ2v) is 4.58. The van der Waals surface area contributed by atoms with Gasteiger partial charge in [0, 0.05) is 7.05 Å². The summed E-state index contributed by atoms with van der Waals surface area (Å²) in [6.07, 6.45) is 0. The van der Waals surface area contributed by atoms with E-state index in [1.807, 2.05) is 25.2 Å². The molecule has 2 rings (SSSR count). The lowest BCUT2D eigenvalue weighted by molar-refractivity contribution is 0.898. The van der Waals surface area contributed by atoms with Crippen molar-refractivity contribution in [1.29, 1.82) is 0 Å². The molecule has 0 atom stereocenters. The molecule has 2 aromatic rings. The van der Waals surface area contributed by atoms with Crippen LogP contribution >= 0.6 is 22.6 Å². The zero-order valence-electron chi connectivity index (χ0n) is 8.04. The highest BCUT2D eigenvalue weighted by atomic mass is 127. The standard InChI is InChI=1S/C11H10INO/c1-7-3-4-10-8(5-7)6-9(12)11(14)13(10)2/h3-6H,1-2H3. The van der Waals surface area contributed by atoms with Crippen molar-refractivity contribution in [1.82, 2.24) is 4.57 Å². The van der Waals surface area contributed by atoms with Gasteiger partial charge in [-0.3, -0.25) is 4.79 Å². The fraction of sp³-hybridized carbons (Fsp3) is 0.182. The fourth-order valence-electron chi connectivity index (χ4n) is 1.56. The number of pyridine rings is 1. The average molecular weight is 299 g/mol. The molecular formula is C11H10INO. The van der Waals surface area contributed by atoms with Crippen LogP contribution in [0.15, 0.2) is 29.1 Å². The van der Waals surface area contributed by atoms with Crippen molar-refractivity contribution in [3.63, 3.8) is 0 Å². The Balaban J connectivity index is 2.98. The lowest BCUT2D eigenvalue weighted by Crippen LogP contribution is -2.19. The van der Waals surface area contributed by atoms with E-state index < -0.39 is 0 Å². The molecule has 0 saturated carbocycles. The third-order valence-corrected chi connectivity index (χ3v) is 3.11. The van der Waals surface area contributed by atoms with Crippen LogP contribution in [0.2, 0.25) is 0 Å². The van der Waals surface area contributed by atoms with Gasteiger partial charge in [0.2, 0.25) is 0 Å². The molecule has 0 fully saturated rings. The van der Waals surface area contributed by atoms with E-state index in [1.54, 1.807) is 4.57 Å². The van der Waals surface area contributed by atoms with Crippen molar-refractivity contribution >= 4 is 33.5 Å². The normalized spacial score (nSPS) is 10.8. The Morgan fingerprint density at radius 3 is 2.71 bits per heavy atom. The average Bonchev–Trinajstić information content (AvgIpc) is 2.14. The maximum atomic E-state index is 11.6. The third kappa shape index (κ3) is 1.45. The van der Waals surface area contributed by atoms with Gasteiger partial charge >= 0.3 is 0 Å². The van der Waals surface area contributed by atoms with Crippen molar-refractivity contribution < 1.29 is 0 Å². The van der Waals surface area contributed by atoms with Crippen LogP contribution in [0.1, 0.15) is 5.56 Å². The minimum atomic E-state index is 0.0713. The molecule has 3 heteroatoms. The van der Waals surface area contributed by atoms with Crippen LogP contribution in [0.4, 0.5) is 0 Å². The first-order valence-electron chi connectivity index (χ1n) is 4.35. The van der Waals surface area contributed by atoms with Crippen molar-refractivity contribution in [3.8, 4) is 0 Å². The molecule has 1 aromatic heterocycles. The van der Waals surface area contributed by atoms with E-state index >= 15 is 0 Å². The maximum Gasteiger partial charge on any atom is 0.264 e. The second kappa shape index (κ2) is 3.38. The Hall–Kier alpha value is -0.840. The van der Waals surface area contributed by atoms with Gasteiger partial charge < -0.3 is 4.57 Å². The SMILES string of the molecule is Cc1ccc2c(c1)cc(I)c(=O)n2C. The van der Waals surface area contributed by atoms with Gasteiger partial charge in [-0.15, -0.1) is 0 Å². The van der Waals surface area contributed by atoms with Crippen molar-refractivity contribution in [3.05, 3.63) is 43.8 Å². The minimum Gasteiger partial charge on any atom is -0.310 e. The van der Waals surface area contributed by atoms with Crippen molar-refractivity contribution in [2.24, 2.45) is 7.05 Å². The Morgan fingerprint density at radius 1 is 1.29 bits per heavy atom. The summed E-state index contributed by atoms with van der Waals surface area (Å²) in [6, 6.07) is 8.04. The molecule has 0 amide bonds. The van der Waals surface area contributed by atoms with Crippen LogP contribution in [-0.2, 0) is 7.05 Å². The van der Waals surface area contributed by atoms with Gasteiger partial charge in [-0.2, -0.15) is 0 Å². The summed E-state index contributed by atoms with van der Waals surface area (Å²) in [6.45, 7) is 2.05. The second-order valence-electron chi connectivity index (χ2n) is 3.42. The molecule has 0 saturated heterocycles. The van der Waals surface area contributed by atoms with Crippen LogP contribution in [0.25, 0.3) is 10.9 Å². The fourth-order valence-corrected chi connectivity index (χ4v) is 2.26.